The summed E-state index contributed by atoms with van der Waals surface area (Å²) in [6.07, 6.45) is 0. The summed E-state index contributed by atoms with van der Waals surface area (Å²) in [5.41, 5.74) is -0.965. The molecule has 0 aromatic heterocycles. The lowest BCUT2D eigenvalue weighted by Gasteiger charge is -2.34. The van der Waals surface area contributed by atoms with Crippen molar-refractivity contribution in [1.29, 1.82) is 0 Å². The van der Waals surface area contributed by atoms with Gasteiger partial charge in [-0.25, -0.2) is 8.42 Å². The predicted octanol–water partition coefficient (Wildman–Crippen LogP) is 1.38. The van der Waals surface area contributed by atoms with Gasteiger partial charge in [0.2, 0.25) is 15.9 Å². The molecule has 0 spiro atoms. The topological polar surface area (TPSA) is 138 Å². The first-order valence-electron chi connectivity index (χ1n) is 9.79. The average molecular weight is 493 g/mol. The lowest BCUT2D eigenvalue weighted by Crippen LogP contribution is -2.53. The molecule has 0 radical (unpaired) electrons. The van der Waals surface area contributed by atoms with Crippen LogP contribution in [0.3, 0.4) is 0 Å². The molecule has 13 heteroatoms. The summed E-state index contributed by atoms with van der Waals surface area (Å²) < 4.78 is 26.9. The minimum Gasteiger partial charge on any atom is -0.338 e. The van der Waals surface area contributed by atoms with Crippen LogP contribution in [0, 0.1) is 10.1 Å². The van der Waals surface area contributed by atoms with E-state index in [1.807, 2.05) is 0 Å². The van der Waals surface area contributed by atoms with Gasteiger partial charge >= 0.3 is 0 Å². The summed E-state index contributed by atoms with van der Waals surface area (Å²) in [4.78, 5) is 50.4. The molecular weight excluding hydrogens is 476 g/mol. The van der Waals surface area contributed by atoms with Crippen LogP contribution in [0.2, 0.25) is 5.02 Å². The molecule has 0 bridgehead atoms. The van der Waals surface area contributed by atoms with E-state index in [4.69, 9.17) is 11.6 Å². The second-order valence-electron chi connectivity index (χ2n) is 7.37. The minimum atomic E-state index is -3.85. The fourth-order valence-electron chi connectivity index (χ4n) is 3.82. The molecule has 4 rings (SSSR count). The zero-order valence-corrected chi connectivity index (χ0v) is 18.6. The van der Waals surface area contributed by atoms with Crippen LogP contribution in [0.1, 0.15) is 20.7 Å². The third-order valence-electron chi connectivity index (χ3n) is 5.51. The van der Waals surface area contributed by atoms with Crippen LogP contribution in [0.15, 0.2) is 47.4 Å². The molecule has 0 atom stereocenters. The van der Waals surface area contributed by atoms with Crippen LogP contribution in [0.5, 0.6) is 0 Å². The number of imide groups is 1. The number of benzene rings is 2. The van der Waals surface area contributed by atoms with Crippen molar-refractivity contribution in [3.63, 3.8) is 0 Å². The number of halogens is 1. The number of carbonyl (C=O) groups excluding carboxylic acids is 3. The summed E-state index contributed by atoms with van der Waals surface area (Å²) in [5.74, 6) is -2.26. The van der Waals surface area contributed by atoms with Crippen molar-refractivity contribution in [2.75, 3.05) is 32.7 Å². The van der Waals surface area contributed by atoms with Gasteiger partial charge in [-0.3, -0.25) is 29.4 Å². The number of hydrogen-bond donors (Lipinski definition) is 0. The molecule has 1 fully saturated rings. The first kappa shape index (κ1) is 22.8. The molecule has 2 aliphatic heterocycles. The lowest BCUT2D eigenvalue weighted by atomic mass is 10.1. The summed E-state index contributed by atoms with van der Waals surface area (Å²) in [6.45, 7) is -0.488. The van der Waals surface area contributed by atoms with Gasteiger partial charge in [-0.1, -0.05) is 29.8 Å². The van der Waals surface area contributed by atoms with Crippen molar-refractivity contribution in [2.24, 2.45) is 0 Å². The fourth-order valence-corrected chi connectivity index (χ4v) is 5.73. The van der Waals surface area contributed by atoms with Crippen LogP contribution < -0.4 is 0 Å². The molecule has 1 saturated heterocycles. The number of rotatable bonds is 5. The molecular formula is C20H17ClN4O7S. The summed E-state index contributed by atoms with van der Waals surface area (Å²) in [6, 6.07) is 9.76. The van der Waals surface area contributed by atoms with E-state index in [0.29, 0.717) is 4.90 Å². The molecule has 2 aromatic carbocycles. The maximum atomic E-state index is 12.8. The lowest BCUT2D eigenvalue weighted by molar-refractivity contribution is -0.385. The molecule has 0 aliphatic carbocycles. The van der Waals surface area contributed by atoms with Crippen LogP contribution in [-0.4, -0.2) is 77.9 Å². The number of hydrogen-bond acceptors (Lipinski definition) is 7. The van der Waals surface area contributed by atoms with E-state index in [0.717, 1.165) is 6.07 Å². The Bertz CT molecular complexity index is 1290. The molecule has 0 N–H and O–H groups in total. The standard InChI is InChI=1S/C20H17ClN4O7S/c21-14-5-1-2-7-16(14)33(31,32)23-10-8-22(9-11-23)17(26)12-24-19(27)13-4-3-6-15(25(29)30)18(13)20(24)28/h1-7H,8-12H2. The summed E-state index contributed by atoms with van der Waals surface area (Å²) >= 11 is 6.02. The van der Waals surface area contributed by atoms with Gasteiger partial charge in [0.25, 0.3) is 17.5 Å². The normalized spacial score (nSPS) is 16.8. The highest BCUT2D eigenvalue weighted by Crippen LogP contribution is 2.31. The number of nitro groups is 1. The number of amides is 3. The minimum absolute atomic E-state index is 0.00683. The van der Waals surface area contributed by atoms with Crippen molar-refractivity contribution in [2.45, 2.75) is 4.90 Å². The quantitative estimate of drug-likeness (QED) is 0.349. The number of piperazine rings is 1. The van der Waals surface area contributed by atoms with Gasteiger partial charge in [0, 0.05) is 32.2 Å². The number of nitro benzene ring substituents is 1. The number of fused-ring (bicyclic) bond motifs is 1. The van der Waals surface area contributed by atoms with Gasteiger partial charge in [0.1, 0.15) is 17.0 Å². The first-order valence-corrected chi connectivity index (χ1v) is 11.6. The summed E-state index contributed by atoms with van der Waals surface area (Å²) in [7, 11) is -3.85. The molecule has 33 heavy (non-hydrogen) atoms. The number of nitrogens with zero attached hydrogens (tertiary/aromatic N) is 4. The van der Waals surface area contributed by atoms with Crippen molar-refractivity contribution in [1.82, 2.24) is 14.1 Å². The van der Waals surface area contributed by atoms with Gasteiger partial charge in [0.05, 0.1) is 15.5 Å². The highest BCUT2D eigenvalue weighted by molar-refractivity contribution is 7.89. The van der Waals surface area contributed by atoms with E-state index in [2.05, 4.69) is 0 Å². The largest absolute Gasteiger partial charge is 0.338 e. The molecule has 2 heterocycles. The van der Waals surface area contributed by atoms with E-state index < -0.39 is 44.9 Å². The Morgan fingerprint density at radius 2 is 1.67 bits per heavy atom. The van der Waals surface area contributed by atoms with E-state index >= 15 is 0 Å². The Balaban J connectivity index is 1.44. The fraction of sp³-hybridized carbons (Fsp3) is 0.250. The van der Waals surface area contributed by atoms with Crippen molar-refractivity contribution < 1.29 is 27.7 Å². The highest BCUT2D eigenvalue weighted by Gasteiger charge is 2.42. The van der Waals surface area contributed by atoms with Gasteiger partial charge < -0.3 is 4.90 Å². The third kappa shape index (κ3) is 3.96. The van der Waals surface area contributed by atoms with Gasteiger partial charge in [-0.15, -0.1) is 0 Å². The van der Waals surface area contributed by atoms with Gasteiger partial charge in [-0.2, -0.15) is 4.31 Å². The maximum Gasteiger partial charge on any atom is 0.282 e. The molecule has 172 valence electrons. The molecule has 2 aromatic rings. The van der Waals surface area contributed by atoms with Crippen LogP contribution in [0.4, 0.5) is 5.69 Å². The Morgan fingerprint density at radius 3 is 2.30 bits per heavy atom. The SMILES string of the molecule is O=C(CN1C(=O)c2cccc([N+](=O)[O-])c2C1=O)N1CCN(S(=O)(=O)c2ccccc2Cl)CC1. The Labute approximate surface area is 193 Å². The van der Waals surface area contributed by atoms with Crippen molar-refractivity contribution in [3.8, 4) is 0 Å². The third-order valence-corrected chi connectivity index (χ3v) is 7.91. The molecule has 0 saturated carbocycles. The second-order valence-corrected chi connectivity index (χ2v) is 9.68. The van der Waals surface area contributed by atoms with E-state index in [1.165, 1.54) is 33.5 Å². The Kier molecular flexibility index (Phi) is 5.91. The Morgan fingerprint density at radius 1 is 1.00 bits per heavy atom. The van der Waals surface area contributed by atoms with Gasteiger partial charge in [0.15, 0.2) is 0 Å². The maximum absolute atomic E-state index is 12.8. The summed E-state index contributed by atoms with van der Waals surface area (Å²) in [5, 5.41) is 11.3. The van der Waals surface area contributed by atoms with E-state index in [9.17, 15) is 32.9 Å². The molecule has 0 unspecified atom stereocenters. The molecule has 2 aliphatic rings. The van der Waals surface area contributed by atoms with Crippen molar-refractivity contribution in [3.05, 3.63) is 68.7 Å². The Hall–Kier alpha value is -3.35. The highest BCUT2D eigenvalue weighted by atomic mass is 35.5. The zero-order valence-electron chi connectivity index (χ0n) is 17.0. The first-order chi connectivity index (χ1) is 15.6. The second kappa shape index (κ2) is 8.54. The number of sulfonamides is 1. The predicted molar refractivity (Wildman–Crippen MR) is 115 cm³/mol. The van der Waals surface area contributed by atoms with Crippen LogP contribution >= 0.6 is 11.6 Å². The smallest absolute Gasteiger partial charge is 0.282 e. The average Bonchev–Trinajstić information content (AvgIpc) is 3.04. The zero-order chi connectivity index (χ0) is 23.9. The van der Waals surface area contributed by atoms with E-state index in [-0.39, 0.29) is 47.2 Å². The molecule has 11 nitrogen and oxygen atoms in total. The van der Waals surface area contributed by atoms with Crippen LogP contribution in [0.25, 0.3) is 0 Å². The van der Waals surface area contributed by atoms with Crippen LogP contribution in [-0.2, 0) is 14.8 Å². The van der Waals surface area contributed by atoms with E-state index in [1.54, 1.807) is 12.1 Å². The molecule has 3 amide bonds. The van der Waals surface area contributed by atoms with Gasteiger partial charge in [-0.05, 0) is 18.2 Å². The van der Waals surface area contributed by atoms with Crippen molar-refractivity contribution >= 4 is 45.0 Å². The number of carbonyl (C=O) groups is 3. The monoisotopic (exact) mass is 492 g/mol.